The Morgan fingerprint density at radius 2 is 1.95 bits per heavy atom. The van der Waals surface area contributed by atoms with Crippen LogP contribution < -0.4 is 10.1 Å². The van der Waals surface area contributed by atoms with Crippen molar-refractivity contribution in [3.05, 3.63) is 18.2 Å². The Bertz CT molecular complexity index is 638. The Morgan fingerprint density at radius 1 is 1.32 bits per heavy atom. The third-order valence-electron chi connectivity index (χ3n) is 2.18. The van der Waals surface area contributed by atoms with E-state index in [2.05, 4.69) is 5.32 Å². The van der Waals surface area contributed by atoms with E-state index in [9.17, 15) is 13.2 Å². The molecule has 0 aliphatic carbocycles. The van der Waals surface area contributed by atoms with Crippen LogP contribution >= 0.6 is 10.7 Å². The quantitative estimate of drug-likeness (QED) is 0.647. The molecule has 124 valence electrons. The van der Waals surface area contributed by atoms with Gasteiger partial charge in [-0.1, -0.05) is 0 Å². The highest BCUT2D eigenvalue weighted by Gasteiger charge is 2.20. The summed E-state index contributed by atoms with van der Waals surface area (Å²) >= 11 is 0. The fourth-order valence-corrected chi connectivity index (χ4v) is 2.44. The topological polar surface area (TPSA) is 90.9 Å². The first kappa shape index (κ1) is 18.5. The Kier molecular flexibility index (Phi) is 6.04. The number of amides is 1. The smallest absolute Gasteiger partial charge is 0.412 e. The number of methoxy groups -OCH3 is 1. The Morgan fingerprint density at radius 3 is 2.45 bits per heavy atom. The number of hydrogen-bond acceptors (Lipinski definition) is 6. The molecule has 0 bridgehead atoms. The van der Waals surface area contributed by atoms with E-state index < -0.39 is 20.7 Å². The predicted octanol–water partition coefficient (Wildman–Crippen LogP) is 2.94. The standard InChI is InChI=1S/C13H18ClNO6S/c1-13(2,3)21-12(16)15-9-5-6-10(20-8-19-4)11(7-9)22(14,17)18/h5-7H,8H2,1-4H3,(H,15,16). The molecule has 0 aromatic heterocycles. The zero-order valence-corrected chi connectivity index (χ0v) is 14.2. The second kappa shape index (κ2) is 7.17. The molecule has 0 fully saturated rings. The van der Waals surface area contributed by atoms with Crippen molar-refractivity contribution in [2.75, 3.05) is 19.2 Å². The van der Waals surface area contributed by atoms with Gasteiger partial charge in [0.1, 0.15) is 16.2 Å². The highest BCUT2D eigenvalue weighted by atomic mass is 35.7. The van der Waals surface area contributed by atoms with E-state index in [1.165, 1.54) is 25.3 Å². The average Bonchev–Trinajstić information content (AvgIpc) is 2.33. The molecule has 1 N–H and O–H groups in total. The summed E-state index contributed by atoms with van der Waals surface area (Å²) in [6.45, 7) is 4.99. The van der Waals surface area contributed by atoms with Gasteiger partial charge >= 0.3 is 6.09 Å². The summed E-state index contributed by atoms with van der Waals surface area (Å²) in [5.41, 5.74) is -0.467. The molecule has 22 heavy (non-hydrogen) atoms. The molecule has 0 unspecified atom stereocenters. The molecule has 0 aliphatic heterocycles. The summed E-state index contributed by atoms with van der Waals surface area (Å²) in [7, 11) is 2.70. The lowest BCUT2D eigenvalue weighted by molar-refractivity contribution is 0.0490. The van der Waals surface area contributed by atoms with Gasteiger partial charge in [-0.25, -0.2) is 13.2 Å². The third-order valence-corrected chi connectivity index (χ3v) is 3.53. The van der Waals surface area contributed by atoms with Crippen LogP contribution in [0.5, 0.6) is 5.75 Å². The molecule has 0 heterocycles. The summed E-state index contributed by atoms with van der Waals surface area (Å²) in [5.74, 6) is 0.0200. The number of ether oxygens (including phenoxy) is 3. The minimum absolute atomic E-state index is 0.0200. The molecular formula is C13H18ClNO6S. The molecule has 0 aliphatic rings. The van der Waals surface area contributed by atoms with Crippen LogP contribution in [0.2, 0.25) is 0 Å². The maximum Gasteiger partial charge on any atom is 0.412 e. The van der Waals surface area contributed by atoms with Crippen molar-refractivity contribution in [3.8, 4) is 5.75 Å². The first-order valence-corrected chi connectivity index (χ1v) is 8.54. The minimum Gasteiger partial charge on any atom is -0.466 e. The maximum atomic E-state index is 11.7. The minimum atomic E-state index is -4.06. The lowest BCUT2D eigenvalue weighted by atomic mass is 10.2. The van der Waals surface area contributed by atoms with Gasteiger partial charge in [-0.05, 0) is 39.0 Å². The van der Waals surface area contributed by atoms with Gasteiger partial charge in [-0.15, -0.1) is 0 Å². The summed E-state index contributed by atoms with van der Waals surface area (Å²) in [6.07, 6.45) is -0.712. The molecule has 1 amide bonds. The van der Waals surface area contributed by atoms with Crippen LogP contribution in [-0.2, 0) is 18.5 Å². The van der Waals surface area contributed by atoms with Gasteiger partial charge in [0.05, 0.1) is 0 Å². The Balaban J connectivity index is 3.02. The summed E-state index contributed by atoms with van der Waals surface area (Å²) in [6, 6.07) is 4.00. The predicted molar refractivity (Wildman–Crippen MR) is 81.8 cm³/mol. The van der Waals surface area contributed by atoms with Crippen LogP contribution in [0.25, 0.3) is 0 Å². The summed E-state index contributed by atoms with van der Waals surface area (Å²) < 4.78 is 38.1. The van der Waals surface area contributed by atoms with E-state index in [1.54, 1.807) is 20.8 Å². The number of nitrogens with one attached hydrogen (secondary N) is 1. The van der Waals surface area contributed by atoms with Crippen molar-refractivity contribution >= 4 is 31.5 Å². The van der Waals surface area contributed by atoms with Crippen LogP contribution in [0.1, 0.15) is 20.8 Å². The summed E-state index contributed by atoms with van der Waals surface area (Å²) in [4.78, 5) is 11.4. The van der Waals surface area contributed by atoms with Crippen LogP contribution in [0.3, 0.4) is 0 Å². The summed E-state index contributed by atoms with van der Waals surface area (Å²) in [5, 5.41) is 2.42. The van der Waals surface area contributed by atoms with E-state index in [4.69, 9.17) is 24.9 Å². The molecule has 0 saturated carbocycles. The molecule has 1 rings (SSSR count). The maximum absolute atomic E-state index is 11.7. The first-order chi connectivity index (χ1) is 10.0. The molecule has 0 radical (unpaired) electrons. The molecule has 7 nitrogen and oxygen atoms in total. The van der Waals surface area contributed by atoms with E-state index in [-0.39, 0.29) is 23.1 Å². The fraction of sp³-hybridized carbons (Fsp3) is 0.462. The number of halogens is 1. The Labute approximate surface area is 133 Å². The molecular weight excluding hydrogens is 334 g/mol. The van der Waals surface area contributed by atoms with E-state index in [1.807, 2.05) is 0 Å². The van der Waals surface area contributed by atoms with Crippen molar-refractivity contribution in [2.45, 2.75) is 31.3 Å². The van der Waals surface area contributed by atoms with Gasteiger partial charge in [0, 0.05) is 23.5 Å². The molecule has 0 spiro atoms. The number of benzene rings is 1. The van der Waals surface area contributed by atoms with Crippen molar-refractivity contribution in [3.63, 3.8) is 0 Å². The van der Waals surface area contributed by atoms with Crippen LogP contribution in [-0.4, -0.2) is 34.0 Å². The van der Waals surface area contributed by atoms with E-state index in [0.29, 0.717) is 0 Å². The molecule has 0 saturated heterocycles. The fourth-order valence-electron chi connectivity index (χ4n) is 1.44. The monoisotopic (exact) mass is 351 g/mol. The molecule has 0 atom stereocenters. The average molecular weight is 352 g/mol. The van der Waals surface area contributed by atoms with Crippen LogP contribution in [0.4, 0.5) is 10.5 Å². The molecule has 1 aromatic carbocycles. The second-order valence-electron chi connectivity index (χ2n) is 5.28. The molecule has 1 aromatic rings. The van der Waals surface area contributed by atoms with Crippen molar-refractivity contribution < 1.29 is 27.4 Å². The van der Waals surface area contributed by atoms with Gasteiger partial charge in [0.2, 0.25) is 0 Å². The second-order valence-corrected chi connectivity index (χ2v) is 7.81. The number of rotatable bonds is 5. The van der Waals surface area contributed by atoms with Gasteiger partial charge in [-0.3, -0.25) is 5.32 Å². The highest BCUT2D eigenvalue weighted by Crippen LogP contribution is 2.30. The number of hydrogen-bond donors (Lipinski definition) is 1. The van der Waals surface area contributed by atoms with Gasteiger partial charge in [0.15, 0.2) is 6.79 Å². The molecule has 9 heteroatoms. The highest BCUT2D eigenvalue weighted by molar-refractivity contribution is 8.13. The SMILES string of the molecule is COCOc1ccc(NC(=O)OC(C)(C)C)cc1S(=O)(=O)Cl. The van der Waals surface area contributed by atoms with Gasteiger partial charge in [0.25, 0.3) is 9.05 Å². The van der Waals surface area contributed by atoms with Crippen LogP contribution in [0, 0.1) is 0 Å². The Hall–Kier alpha value is -1.51. The van der Waals surface area contributed by atoms with Gasteiger partial charge < -0.3 is 14.2 Å². The normalized spacial score (nSPS) is 11.9. The van der Waals surface area contributed by atoms with Gasteiger partial charge in [-0.2, -0.15) is 0 Å². The first-order valence-electron chi connectivity index (χ1n) is 6.23. The van der Waals surface area contributed by atoms with Crippen molar-refractivity contribution in [1.82, 2.24) is 0 Å². The zero-order valence-electron chi connectivity index (χ0n) is 12.7. The van der Waals surface area contributed by atoms with E-state index in [0.717, 1.165) is 0 Å². The number of carbonyl (C=O) groups is 1. The number of carbonyl (C=O) groups excluding carboxylic acids is 1. The van der Waals surface area contributed by atoms with Crippen LogP contribution in [0.15, 0.2) is 23.1 Å². The van der Waals surface area contributed by atoms with Crippen molar-refractivity contribution in [1.29, 1.82) is 0 Å². The lowest BCUT2D eigenvalue weighted by Crippen LogP contribution is -2.27. The van der Waals surface area contributed by atoms with E-state index >= 15 is 0 Å². The third kappa shape index (κ3) is 6.08. The largest absolute Gasteiger partial charge is 0.466 e. The van der Waals surface area contributed by atoms with Crippen molar-refractivity contribution in [2.24, 2.45) is 0 Å². The number of anilines is 1. The zero-order chi connectivity index (χ0) is 17.0. The lowest BCUT2D eigenvalue weighted by Gasteiger charge is -2.20.